The Morgan fingerprint density at radius 2 is 1.90 bits per heavy atom. The Kier molecular flexibility index (Phi) is 4.06. The van der Waals surface area contributed by atoms with Crippen LogP contribution in [-0.2, 0) is 24.8 Å². The second-order valence-electron chi connectivity index (χ2n) is 5.13. The van der Waals surface area contributed by atoms with Crippen LogP contribution in [0.25, 0.3) is 0 Å². The van der Waals surface area contributed by atoms with Gasteiger partial charge in [-0.15, -0.1) is 0 Å². The Balaban J connectivity index is 1.73. The van der Waals surface area contributed by atoms with E-state index in [2.05, 4.69) is 34.1 Å². The molecule has 0 atom stereocenters. The van der Waals surface area contributed by atoms with E-state index < -0.39 is 0 Å². The van der Waals surface area contributed by atoms with Crippen LogP contribution in [0.15, 0.2) is 36.4 Å². The van der Waals surface area contributed by atoms with Crippen LogP contribution in [-0.4, -0.2) is 0 Å². The Morgan fingerprint density at radius 3 is 2.75 bits per heavy atom. The summed E-state index contributed by atoms with van der Waals surface area (Å²) in [4.78, 5) is 0. The Morgan fingerprint density at radius 1 is 1.05 bits per heavy atom. The van der Waals surface area contributed by atoms with Crippen molar-refractivity contribution in [1.29, 1.82) is 0 Å². The van der Waals surface area contributed by atoms with Gasteiger partial charge in [-0.05, 0) is 54.2 Å². The summed E-state index contributed by atoms with van der Waals surface area (Å²) in [6, 6.07) is 11.2. The molecule has 0 spiro atoms. The van der Waals surface area contributed by atoms with Gasteiger partial charge < -0.3 is 4.74 Å². The molecular formula is C17H16BrFO. The third-order valence-electron chi connectivity index (χ3n) is 3.72. The molecule has 1 aliphatic rings. The minimum atomic E-state index is -0.232. The molecule has 0 heterocycles. The fourth-order valence-corrected chi connectivity index (χ4v) is 3.11. The molecule has 0 amide bonds. The molecule has 2 aromatic carbocycles. The van der Waals surface area contributed by atoms with E-state index in [4.69, 9.17) is 4.74 Å². The molecule has 2 aromatic rings. The van der Waals surface area contributed by atoms with Crippen molar-refractivity contribution < 1.29 is 9.13 Å². The number of benzene rings is 2. The number of hydrogen-bond donors (Lipinski definition) is 0. The molecule has 3 heteroatoms. The zero-order valence-corrected chi connectivity index (χ0v) is 12.7. The number of alkyl halides is 1. The topological polar surface area (TPSA) is 9.23 Å². The van der Waals surface area contributed by atoms with Crippen LogP contribution in [0.4, 0.5) is 4.39 Å². The molecule has 0 fully saturated rings. The van der Waals surface area contributed by atoms with Gasteiger partial charge in [0.15, 0.2) is 0 Å². The number of hydrogen-bond acceptors (Lipinski definition) is 1. The molecule has 3 rings (SSSR count). The number of halogens is 2. The summed E-state index contributed by atoms with van der Waals surface area (Å²) in [7, 11) is 0. The molecule has 0 aliphatic heterocycles. The largest absolute Gasteiger partial charge is 0.489 e. The minimum absolute atomic E-state index is 0.232. The van der Waals surface area contributed by atoms with Crippen LogP contribution in [0.1, 0.15) is 28.7 Å². The number of aryl methyl sites for hydroxylation is 2. The quantitative estimate of drug-likeness (QED) is 0.730. The smallest absolute Gasteiger partial charge is 0.124 e. The highest BCUT2D eigenvalue weighted by Crippen LogP contribution is 2.25. The summed E-state index contributed by atoms with van der Waals surface area (Å²) in [6.45, 7) is 0.527. The molecule has 1 nitrogen and oxygen atoms in total. The van der Waals surface area contributed by atoms with Gasteiger partial charge in [-0.1, -0.05) is 34.1 Å². The van der Waals surface area contributed by atoms with Gasteiger partial charge in [0.05, 0.1) is 0 Å². The van der Waals surface area contributed by atoms with Gasteiger partial charge in [-0.2, -0.15) is 0 Å². The van der Waals surface area contributed by atoms with Crippen LogP contribution in [0.3, 0.4) is 0 Å². The van der Waals surface area contributed by atoms with E-state index in [0.29, 0.717) is 11.9 Å². The SMILES string of the molecule is Fc1ccc(OCc2ccc3c(c2)CCC3)c(CBr)c1. The van der Waals surface area contributed by atoms with Gasteiger partial charge in [-0.25, -0.2) is 4.39 Å². The minimum Gasteiger partial charge on any atom is -0.489 e. The van der Waals surface area contributed by atoms with E-state index in [1.165, 1.54) is 48.1 Å². The van der Waals surface area contributed by atoms with Crippen LogP contribution in [0.2, 0.25) is 0 Å². The fourth-order valence-electron chi connectivity index (χ4n) is 2.67. The summed E-state index contributed by atoms with van der Waals surface area (Å²) in [5.74, 6) is 0.508. The molecule has 0 unspecified atom stereocenters. The van der Waals surface area contributed by atoms with E-state index >= 15 is 0 Å². The zero-order valence-electron chi connectivity index (χ0n) is 11.2. The standard InChI is InChI=1S/C17H16BrFO/c18-10-15-9-16(19)6-7-17(15)20-11-12-4-5-13-2-1-3-14(13)8-12/h4-9H,1-3,10-11H2. The van der Waals surface area contributed by atoms with E-state index in [9.17, 15) is 4.39 Å². The summed E-state index contributed by atoms with van der Waals surface area (Å²) in [5.41, 5.74) is 4.93. The molecule has 104 valence electrons. The highest BCUT2D eigenvalue weighted by Gasteiger charge is 2.11. The molecule has 20 heavy (non-hydrogen) atoms. The molecule has 0 saturated carbocycles. The maximum absolute atomic E-state index is 13.2. The summed E-state index contributed by atoms with van der Waals surface area (Å²) in [6.07, 6.45) is 3.62. The molecular weight excluding hydrogens is 319 g/mol. The Labute approximate surface area is 126 Å². The van der Waals surface area contributed by atoms with Crippen molar-refractivity contribution in [2.24, 2.45) is 0 Å². The zero-order chi connectivity index (χ0) is 13.9. The molecule has 0 N–H and O–H groups in total. The lowest BCUT2D eigenvalue weighted by atomic mass is 10.1. The van der Waals surface area contributed by atoms with Crippen LogP contribution in [0, 0.1) is 5.82 Å². The number of fused-ring (bicyclic) bond motifs is 1. The van der Waals surface area contributed by atoms with E-state index in [-0.39, 0.29) is 5.82 Å². The third-order valence-corrected chi connectivity index (χ3v) is 4.33. The van der Waals surface area contributed by atoms with Gasteiger partial charge >= 0.3 is 0 Å². The average molecular weight is 335 g/mol. The van der Waals surface area contributed by atoms with Crippen molar-refractivity contribution in [1.82, 2.24) is 0 Å². The summed E-state index contributed by atoms with van der Waals surface area (Å²) in [5, 5.41) is 0.588. The van der Waals surface area contributed by atoms with Crippen molar-refractivity contribution in [2.75, 3.05) is 0 Å². The van der Waals surface area contributed by atoms with E-state index in [0.717, 1.165) is 11.3 Å². The van der Waals surface area contributed by atoms with Gasteiger partial charge in [-0.3, -0.25) is 0 Å². The summed E-state index contributed by atoms with van der Waals surface area (Å²) < 4.78 is 19.0. The molecule has 0 aromatic heterocycles. The summed E-state index contributed by atoms with van der Waals surface area (Å²) >= 11 is 3.36. The molecule has 0 radical (unpaired) electrons. The van der Waals surface area contributed by atoms with Crippen LogP contribution < -0.4 is 4.74 Å². The lowest BCUT2D eigenvalue weighted by Gasteiger charge is -2.11. The highest BCUT2D eigenvalue weighted by atomic mass is 79.9. The maximum Gasteiger partial charge on any atom is 0.124 e. The third kappa shape index (κ3) is 2.88. The molecule has 0 bridgehead atoms. The van der Waals surface area contributed by atoms with Crippen molar-refractivity contribution in [3.63, 3.8) is 0 Å². The molecule has 1 aliphatic carbocycles. The average Bonchev–Trinajstić information content (AvgIpc) is 2.93. The van der Waals surface area contributed by atoms with E-state index in [1.54, 1.807) is 6.07 Å². The predicted octanol–water partition coefficient (Wildman–Crippen LogP) is 4.79. The monoisotopic (exact) mass is 334 g/mol. The van der Waals surface area contributed by atoms with Gasteiger partial charge in [0.1, 0.15) is 18.2 Å². The van der Waals surface area contributed by atoms with Crippen LogP contribution in [0.5, 0.6) is 5.75 Å². The first-order valence-corrected chi connectivity index (χ1v) is 7.96. The first kappa shape index (κ1) is 13.6. The van der Waals surface area contributed by atoms with Gasteiger partial charge in [0.2, 0.25) is 0 Å². The maximum atomic E-state index is 13.2. The molecule has 0 saturated heterocycles. The van der Waals surface area contributed by atoms with Crippen molar-refractivity contribution >= 4 is 15.9 Å². The van der Waals surface area contributed by atoms with Crippen molar-refractivity contribution in [3.05, 3.63) is 64.5 Å². The first-order valence-electron chi connectivity index (χ1n) is 6.84. The van der Waals surface area contributed by atoms with Gasteiger partial charge in [0, 0.05) is 10.9 Å². The van der Waals surface area contributed by atoms with Crippen molar-refractivity contribution in [3.8, 4) is 5.75 Å². The number of ether oxygens (including phenoxy) is 1. The second kappa shape index (κ2) is 5.96. The first-order chi connectivity index (χ1) is 9.76. The lowest BCUT2D eigenvalue weighted by Crippen LogP contribution is -1.99. The Bertz CT molecular complexity index is 624. The van der Waals surface area contributed by atoms with E-state index in [1.807, 2.05) is 0 Å². The highest BCUT2D eigenvalue weighted by molar-refractivity contribution is 9.08. The second-order valence-corrected chi connectivity index (χ2v) is 5.69. The predicted molar refractivity (Wildman–Crippen MR) is 81.8 cm³/mol. The van der Waals surface area contributed by atoms with Crippen molar-refractivity contribution in [2.45, 2.75) is 31.2 Å². The van der Waals surface area contributed by atoms with Crippen LogP contribution >= 0.6 is 15.9 Å². The fraction of sp³-hybridized carbons (Fsp3) is 0.294. The van der Waals surface area contributed by atoms with Gasteiger partial charge in [0.25, 0.3) is 0 Å². The Hall–Kier alpha value is -1.35. The lowest BCUT2D eigenvalue weighted by molar-refractivity contribution is 0.303. The number of rotatable bonds is 4. The normalized spacial score (nSPS) is 13.3.